The van der Waals surface area contributed by atoms with E-state index in [1.807, 2.05) is 6.92 Å². The van der Waals surface area contributed by atoms with Gasteiger partial charge in [-0.3, -0.25) is 4.79 Å². The third-order valence-electron chi connectivity index (χ3n) is 1.70. The van der Waals surface area contributed by atoms with Crippen molar-refractivity contribution >= 4 is 5.97 Å². The molecule has 0 aliphatic heterocycles. The van der Waals surface area contributed by atoms with Crippen LogP contribution in [0.4, 0.5) is 0 Å². The van der Waals surface area contributed by atoms with Crippen LogP contribution >= 0.6 is 0 Å². The molecule has 0 amide bonds. The molecule has 0 rings (SSSR count). The Hall–Kier alpha value is -0.570. The van der Waals surface area contributed by atoms with Crippen LogP contribution < -0.4 is 0 Å². The predicted octanol–water partition coefficient (Wildman–Crippen LogP) is 1.26. The van der Waals surface area contributed by atoms with Crippen molar-refractivity contribution in [2.24, 2.45) is 5.92 Å². The largest absolute Gasteiger partial charge is 0.481 e. The standard InChI is InChI=1S/C8H16O3/c1-2-4-7(8(10)11)5-3-6-9/h7,9H,2-6H2,1H3,(H,10,11)/t7-/m1/s1. The summed E-state index contributed by atoms with van der Waals surface area (Å²) in [6, 6.07) is 0. The molecule has 0 saturated heterocycles. The van der Waals surface area contributed by atoms with Gasteiger partial charge >= 0.3 is 5.97 Å². The van der Waals surface area contributed by atoms with E-state index in [1.54, 1.807) is 0 Å². The SMILES string of the molecule is CCC[C@H](CCCO)C(=O)O. The molecule has 66 valence electrons. The summed E-state index contributed by atoms with van der Waals surface area (Å²) in [7, 11) is 0. The number of carbonyl (C=O) groups is 1. The molecule has 0 aliphatic carbocycles. The van der Waals surface area contributed by atoms with Crippen LogP contribution in [0.2, 0.25) is 0 Å². The van der Waals surface area contributed by atoms with Gasteiger partial charge < -0.3 is 10.2 Å². The highest BCUT2D eigenvalue weighted by Crippen LogP contribution is 2.12. The molecule has 3 nitrogen and oxygen atoms in total. The fraction of sp³-hybridized carbons (Fsp3) is 0.875. The van der Waals surface area contributed by atoms with Gasteiger partial charge in [0.2, 0.25) is 0 Å². The summed E-state index contributed by atoms with van der Waals surface area (Å²) in [5.41, 5.74) is 0. The molecule has 0 aromatic heterocycles. The zero-order chi connectivity index (χ0) is 8.69. The van der Waals surface area contributed by atoms with Crippen LogP contribution in [-0.4, -0.2) is 22.8 Å². The Kier molecular flexibility index (Phi) is 5.84. The fourth-order valence-electron chi connectivity index (χ4n) is 1.08. The second-order valence-corrected chi connectivity index (χ2v) is 2.69. The lowest BCUT2D eigenvalue weighted by molar-refractivity contribution is -0.142. The van der Waals surface area contributed by atoms with Crippen LogP contribution in [0, 0.1) is 5.92 Å². The molecule has 0 unspecified atom stereocenters. The highest BCUT2D eigenvalue weighted by Gasteiger charge is 2.14. The molecule has 1 atom stereocenters. The Morgan fingerprint density at radius 1 is 1.45 bits per heavy atom. The number of hydrogen-bond acceptors (Lipinski definition) is 2. The van der Waals surface area contributed by atoms with E-state index in [-0.39, 0.29) is 12.5 Å². The third-order valence-corrected chi connectivity index (χ3v) is 1.70. The minimum Gasteiger partial charge on any atom is -0.481 e. The van der Waals surface area contributed by atoms with Crippen LogP contribution in [0.1, 0.15) is 32.6 Å². The second-order valence-electron chi connectivity index (χ2n) is 2.69. The van der Waals surface area contributed by atoms with Crippen LogP contribution in [0.5, 0.6) is 0 Å². The van der Waals surface area contributed by atoms with E-state index >= 15 is 0 Å². The van der Waals surface area contributed by atoms with Crippen molar-refractivity contribution in [1.82, 2.24) is 0 Å². The Labute approximate surface area is 67.0 Å². The van der Waals surface area contributed by atoms with Gasteiger partial charge in [0.25, 0.3) is 0 Å². The molecule has 3 heteroatoms. The molecule has 0 heterocycles. The summed E-state index contributed by atoms with van der Waals surface area (Å²) < 4.78 is 0. The van der Waals surface area contributed by atoms with Gasteiger partial charge in [-0.25, -0.2) is 0 Å². The van der Waals surface area contributed by atoms with Crippen LogP contribution in [0.25, 0.3) is 0 Å². The Morgan fingerprint density at radius 2 is 2.09 bits per heavy atom. The van der Waals surface area contributed by atoms with Gasteiger partial charge in [-0.1, -0.05) is 13.3 Å². The average molecular weight is 160 g/mol. The van der Waals surface area contributed by atoms with Gasteiger partial charge in [0.1, 0.15) is 0 Å². The molecule has 0 saturated carbocycles. The minimum atomic E-state index is -0.736. The number of rotatable bonds is 6. The lowest BCUT2D eigenvalue weighted by Gasteiger charge is -2.08. The highest BCUT2D eigenvalue weighted by molar-refractivity contribution is 5.69. The summed E-state index contributed by atoms with van der Waals surface area (Å²) in [6.45, 7) is 2.06. The topological polar surface area (TPSA) is 57.5 Å². The van der Waals surface area contributed by atoms with E-state index in [1.165, 1.54) is 0 Å². The summed E-state index contributed by atoms with van der Waals surface area (Å²) >= 11 is 0. The minimum absolute atomic E-state index is 0.0908. The van der Waals surface area contributed by atoms with Gasteiger partial charge in [0.05, 0.1) is 5.92 Å². The second kappa shape index (κ2) is 6.16. The smallest absolute Gasteiger partial charge is 0.306 e. The zero-order valence-corrected chi connectivity index (χ0v) is 6.92. The van der Waals surface area contributed by atoms with Crippen molar-refractivity contribution in [1.29, 1.82) is 0 Å². The van der Waals surface area contributed by atoms with Crippen LogP contribution in [-0.2, 0) is 4.79 Å². The molecule has 0 spiro atoms. The van der Waals surface area contributed by atoms with Crippen molar-refractivity contribution in [2.75, 3.05) is 6.61 Å². The van der Waals surface area contributed by atoms with E-state index in [0.717, 1.165) is 12.8 Å². The van der Waals surface area contributed by atoms with E-state index < -0.39 is 5.97 Å². The number of aliphatic hydroxyl groups is 1. The van der Waals surface area contributed by atoms with Crippen molar-refractivity contribution in [2.45, 2.75) is 32.6 Å². The zero-order valence-electron chi connectivity index (χ0n) is 6.92. The van der Waals surface area contributed by atoms with E-state index in [4.69, 9.17) is 10.2 Å². The molecule has 0 aromatic carbocycles. The monoisotopic (exact) mass is 160 g/mol. The maximum atomic E-state index is 10.5. The van der Waals surface area contributed by atoms with Crippen LogP contribution in [0.3, 0.4) is 0 Å². The normalized spacial score (nSPS) is 12.9. The number of carboxylic acid groups (broad SMARTS) is 1. The number of hydrogen-bond donors (Lipinski definition) is 2. The first kappa shape index (κ1) is 10.4. The van der Waals surface area contributed by atoms with Crippen molar-refractivity contribution < 1.29 is 15.0 Å². The lowest BCUT2D eigenvalue weighted by Crippen LogP contribution is -2.13. The molecular weight excluding hydrogens is 144 g/mol. The number of aliphatic hydroxyl groups excluding tert-OH is 1. The molecule has 0 aliphatic rings. The van der Waals surface area contributed by atoms with E-state index in [9.17, 15) is 4.79 Å². The van der Waals surface area contributed by atoms with Crippen LogP contribution in [0.15, 0.2) is 0 Å². The van der Waals surface area contributed by atoms with Crippen molar-refractivity contribution in [3.63, 3.8) is 0 Å². The Balaban J connectivity index is 3.60. The van der Waals surface area contributed by atoms with Gasteiger partial charge in [0.15, 0.2) is 0 Å². The average Bonchev–Trinajstić information content (AvgIpc) is 1.97. The number of carboxylic acids is 1. The van der Waals surface area contributed by atoms with Gasteiger partial charge in [-0.2, -0.15) is 0 Å². The van der Waals surface area contributed by atoms with Gasteiger partial charge in [-0.15, -0.1) is 0 Å². The van der Waals surface area contributed by atoms with Crippen molar-refractivity contribution in [3.8, 4) is 0 Å². The summed E-state index contributed by atoms with van der Waals surface area (Å²) in [4.78, 5) is 10.5. The quantitative estimate of drug-likeness (QED) is 0.615. The molecule has 0 radical (unpaired) electrons. The third kappa shape index (κ3) is 4.79. The maximum Gasteiger partial charge on any atom is 0.306 e. The molecule has 11 heavy (non-hydrogen) atoms. The predicted molar refractivity (Wildman–Crippen MR) is 42.4 cm³/mol. The summed E-state index contributed by atoms with van der Waals surface area (Å²) in [5, 5.41) is 17.1. The number of aliphatic carboxylic acids is 1. The van der Waals surface area contributed by atoms with Gasteiger partial charge in [0, 0.05) is 6.61 Å². The molecule has 0 aromatic rings. The van der Waals surface area contributed by atoms with E-state index in [2.05, 4.69) is 0 Å². The van der Waals surface area contributed by atoms with E-state index in [0.29, 0.717) is 12.8 Å². The molecule has 0 fully saturated rings. The molecule has 2 N–H and O–H groups in total. The first-order chi connectivity index (χ1) is 5.22. The molecular formula is C8H16O3. The molecule has 0 bridgehead atoms. The first-order valence-electron chi connectivity index (χ1n) is 4.06. The Morgan fingerprint density at radius 3 is 2.45 bits per heavy atom. The highest BCUT2D eigenvalue weighted by atomic mass is 16.4. The van der Waals surface area contributed by atoms with Gasteiger partial charge in [-0.05, 0) is 19.3 Å². The summed E-state index contributed by atoms with van der Waals surface area (Å²) in [5.74, 6) is -0.993. The fourth-order valence-corrected chi connectivity index (χ4v) is 1.08. The summed E-state index contributed by atoms with van der Waals surface area (Å²) in [6.07, 6.45) is 2.80. The Bertz CT molecular complexity index is 112. The lowest BCUT2D eigenvalue weighted by atomic mass is 9.98. The first-order valence-corrected chi connectivity index (χ1v) is 4.06. The van der Waals surface area contributed by atoms with Crippen molar-refractivity contribution in [3.05, 3.63) is 0 Å². The maximum absolute atomic E-state index is 10.5.